The second kappa shape index (κ2) is 4.61. The molecule has 0 atom stereocenters. The highest BCUT2D eigenvalue weighted by atomic mass is 35.5. The first-order chi connectivity index (χ1) is 6.03. The van der Waals surface area contributed by atoms with Gasteiger partial charge < -0.3 is 0 Å². The fraction of sp³-hybridized carbons (Fsp3) is 0.333. The monoisotopic (exact) mass is 259 g/mol. The highest BCUT2D eigenvalue weighted by molar-refractivity contribution is 7.90. The van der Waals surface area contributed by atoms with Crippen molar-refractivity contribution in [1.82, 2.24) is 4.72 Å². The van der Waals surface area contributed by atoms with Crippen molar-refractivity contribution < 1.29 is 8.42 Å². The van der Waals surface area contributed by atoms with E-state index in [1.165, 1.54) is 11.3 Å². The predicted octanol–water partition coefficient (Wildman–Crippen LogP) is 2.02. The van der Waals surface area contributed by atoms with Crippen LogP contribution in [0.2, 0.25) is 4.34 Å². The molecule has 1 aromatic rings. The maximum Gasteiger partial charge on any atom is 0.225 e. The molecule has 0 aliphatic rings. The zero-order valence-corrected chi connectivity index (χ0v) is 9.60. The lowest BCUT2D eigenvalue weighted by Crippen LogP contribution is -2.23. The Hall–Kier alpha value is 0.190. The maximum absolute atomic E-state index is 10.9. The van der Waals surface area contributed by atoms with Gasteiger partial charge in [-0.25, -0.2) is 13.1 Å². The SMILES string of the molecule is O=S(=O)(CCl)NCc1ccc(Cl)s1. The lowest BCUT2D eigenvalue weighted by Gasteiger charge is -2.00. The summed E-state index contributed by atoms with van der Waals surface area (Å²) in [4.78, 5) is 0.860. The first-order valence-corrected chi connectivity index (χ1v) is 6.69. The number of alkyl halides is 1. The Kier molecular flexibility index (Phi) is 4.00. The third kappa shape index (κ3) is 3.83. The highest BCUT2D eigenvalue weighted by Gasteiger charge is 2.07. The van der Waals surface area contributed by atoms with Crippen molar-refractivity contribution in [3.8, 4) is 0 Å². The van der Waals surface area contributed by atoms with E-state index in [4.69, 9.17) is 23.2 Å². The Morgan fingerprint density at radius 3 is 2.62 bits per heavy atom. The van der Waals surface area contributed by atoms with Crippen LogP contribution in [0, 0.1) is 0 Å². The van der Waals surface area contributed by atoms with Crippen molar-refractivity contribution in [1.29, 1.82) is 0 Å². The van der Waals surface area contributed by atoms with Crippen LogP contribution in [0.1, 0.15) is 4.88 Å². The van der Waals surface area contributed by atoms with Gasteiger partial charge in [-0.1, -0.05) is 11.6 Å². The molecule has 0 aliphatic heterocycles. The number of thiophene rings is 1. The molecule has 1 N–H and O–H groups in total. The molecule has 0 saturated heterocycles. The molecule has 0 fully saturated rings. The summed E-state index contributed by atoms with van der Waals surface area (Å²) >= 11 is 12.2. The molecule has 0 bridgehead atoms. The lowest BCUT2D eigenvalue weighted by molar-refractivity contribution is 0.586. The average molecular weight is 260 g/mol. The zero-order chi connectivity index (χ0) is 9.90. The van der Waals surface area contributed by atoms with Crippen molar-refractivity contribution in [2.24, 2.45) is 0 Å². The van der Waals surface area contributed by atoms with Crippen molar-refractivity contribution in [2.75, 3.05) is 5.21 Å². The number of sulfonamides is 1. The van der Waals surface area contributed by atoms with E-state index in [1.54, 1.807) is 12.1 Å². The summed E-state index contributed by atoms with van der Waals surface area (Å²) in [5, 5.41) is -0.424. The summed E-state index contributed by atoms with van der Waals surface area (Å²) in [5.74, 6) is 0. The molecule has 0 saturated carbocycles. The minimum Gasteiger partial charge on any atom is -0.211 e. The standard InChI is InChI=1S/C6H7Cl2NO2S2/c7-4-13(10,11)9-3-5-1-2-6(8)12-5/h1-2,9H,3-4H2. The number of hydrogen-bond acceptors (Lipinski definition) is 3. The fourth-order valence-electron chi connectivity index (χ4n) is 0.666. The first-order valence-electron chi connectivity index (χ1n) is 3.31. The van der Waals surface area contributed by atoms with Gasteiger partial charge in [-0.15, -0.1) is 22.9 Å². The molecule has 0 amide bonds. The smallest absolute Gasteiger partial charge is 0.211 e. The summed E-state index contributed by atoms with van der Waals surface area (Å²) < 4.78 is 24.8. The molecular weight excluding hydrogens is 253 g/mol. The Balaban J connectivity index is 2.53. The molecule has 0 radical (unpaired) electrons. The predicted molar refractivity (Wildman–Crippen MR) is 55.8 cm³/mol. The highest BCUT2D eigenvalue weighted by Crippen LogP contribution is 2.21. The van der Waals surface area contributed by atoms with Crippen LogP contribution in [0.15, 0.2) is 12.1 Å². The van der Waals surface area contributed by atoms with Gasteiger partial charge >= 0.3 is 0 Å². The van der Waals surface area contributed by atoms with Crippen LogP contribution in [0.5, 0.6) is 0 Å². The van der Waals surface area contributed by atoms with Gasteiger partial charge in [0.05, 0.1) is 4.34 Å². The van der Waals surface area contributed by atoms with Gasteiger partial charge in [-0.05, 0) is 12.1 Å². The van der Waals surface area contributed by atoms with E-state index in [1.807, 2.05) is 0 Å². The molecule has 0 aromatic carbocycles. The van der Waals surface area contributed by atoms with Gasteiger partial charge in [0.15, 0.2) is 0 Å². The molecule has 0 aliphatic carbocycles. The largest absolute Gasteiger partial charge is 0.225 e. The van der Waals surface area contributed by atoms with E-state index in [2.05, 4.69) is 4.72 Å². The molecule has 1 heterocycles. The van der Waals surface area contributed by atoms with Gasteiger partial charge in [0, 0.05) is 11.4 Å². The molecular formula is C6H7Cl2NO2S2. The van der Waals surface area contributed by atoms with Gasteiger partial charge in [0.25, 0.3) is 0 Å². The Morgan fingerprint density at radius 1 is 1.46 bits per heavy atom. The van der Waals surface area contributed by atoms with E-state index in [0.717, 1.165) is 4.88 Å². The molecule has 3 nitrogen and oxygen atoms in total. The van der Waals surface area contributed by atoms with Gasteiger partial charge in [-0.2, -0.15) is 0 Å². The maximum atomic E-state index is 10.9. The van der Waals surface area contributed by atoms with Gasteiger partial charge in [-0.3, -0.25) is 0 Å². The second-order valence-corrected chi connectivity index (χ2v) is 6.44. The minimum atomic E-state index is -3.33. The van der Waals surface area contributed by atoms with Gasteiger partial charge in [0.1, 0.15) is 5.21 Å². The number of rotatable bonds is 4. The number of halogens is 2. The molecule has 74 valence electrons. The topological polar surface area (TPSA) is 46.2 Å². The molecule has 1 rings (SSSR count). The molecule has 0 spiro atoms. The van der Waals surface area contributed by atoms with Crippen LogP contribution in [0.25, 0.3) is 0 Å². The number of hydrogen-bond donors (Lipinski definition) is 1. The summed E-state index contributed by atoms with van der Waals surface area (Å²) in [7, 11) is -3.33. The summed E-state index contributed by atoms with van der Waals surface area (Å²) in [6.45, 7) is 0.243. The van der Waals surface area contributed by atoms with Crippen molar-refractivity contribution in [2.45, 2.75) is 6.54 Å². The fourth-order valence-corrected chi connectivity index (χ4v) is 2.47. The van der Waals surface area contributed by atoms with Crippen LogP contribution < -0.4 is 4.72 Å². The molecule has 13 heavy (non-hydrogen) atoms. The van der Waals surface area contributed by atoms with E-state index < -0.39 is 15.2 Å². The normalized spacial score (nSPS) is 11.8. The van der Waals surface area contributed by atoms with E-state index in [-0.39, 0.29) is 6.54 Å². The minimum absolute atomic E-state index is 0.243. The molecule has 0 unspecified atom stereocenters. The van der Waals surface area contributed by atoms with Crippen molar-refractivity contribution in [3.05, 3.63) is 21.3 Å². The Labute approximate surface area is 90.7 Å². The van der Waals surface area contributed by atoms with E-state index in [9.17, 15) is 8.42 Å². The molecule has 7 heteroatoms. The Morgan fingerprint density at radius 2 is 2.15 bits per heavy atom. The van der Waals surface area contributed by atoms with Crippen molar-refractivity contribution in [3.63, 3.8) is 0 Å². The number of nitrogens with one attached hydrogen (secondary N) is 1. The van der Waals surface area contributed by atoms with Crippen molar-refractivity contribution >= 4 is 44.6 Å². The quantitative estimate of drug-likeness (QED) is 0.842. The van der Waals surface area contributed by atoms with Crippen LogP contribution in [-0.2, 0) is 16.6 Å². The second-order valence-electron chi connectivity index (χ2n) is 2.25. The van der Waals surface area contributed by atoms with Crippen LogP contribution >= 0.6 is 34.5 Å². The third-order valence-electron chi connectivity index (χ3n) is 1.24. The third-order valence-corrected chi connectivity index (χ3v) is 4.20. The summed E-state index contributed by atoms with van der Waals surface area (Å²) in [5.41, 5.74) is 0. The molecule has 1 aromatic heterocycles. The van der Waals surface area contributed by atoms with Crippen LogP contribution in [0.4, 0.5) is 0 Å². The van der Waals surface area contributed by atoms with E-state index in [0.29, 0.717) is 4.34 Å². The first kappa shape index (κ1) is 11.3. The van der Waals surface area contributed by atoms with Gasteiger partial charge in [0.2, 0.25) is 10.0 Å². The van der Waals surface area contributed by atoms with Crippen LogP contribution in [-0.4, -0.2) is 13.6 Å². The zero-order valence-electron chi connectivity index (χ0n) is 6.46. The average Bonchev–Trinajstić information content (AvgIpc) is 2.48. The summed E-state index contributed by atoms with van der Waals surface area (Å²) in [6, 6.07) is 3.49. The van der Waals surface area contributed by atoms with E-state index >= 15 is 0 Å². The lowest BCUT2D eigenvalue weighted by atomic mass is 10.5. The van der Waals surface area contributed by atoms with Crippen LogP contribution in [0.3, 0.4) is 0 Å². The summed E-state index contributed by atoms with van der Waals surface area (Å²) in [6.07, 6.45) is 0. The Bertz CT molecular complexity index is 374.